The molecule has 32 heavy (non-hydrogen) atoms. The third-order valence-electron chi connectivity index (χ3n) is 5.07. The van der Waals surface area contributed by atoms with Crippen LogP contribution in [0.4, 0.5) is 24.7 Å². The smallest absolute Gasteiger partial charge is 0.266 e. The van der Waals surface area contributed by atoms with Crippen LogP contribution in [0, 0.1) is 12.7 Å². The Kier molecular flexibility index (Phi) is 7.06. The zero-order chi connectivity index (χ0) is 23.8. The second-order valence-electron chi connectivity index (χ2n) is 7.90. The lowest BCUT2D eigenvalue weighted by Gasteiger charge is -2.21. The highest BCUT2D eigenvalue weighted by Gasteiger charge is 2.25. The van der Waals surface area contributed by atoms with Crippen LogP contribution in [0.2, 0.25) is 5.02 Å². The molecule has 0 saturated carbocycles. The molecule has 0 bridgehead atoms. The summed E-state index contributed by atoms with van der Waals surface area (Å²) in [7, 11) is -2.74. The minimum atomic E-state index is -2.92. The van der Waals surface area contributed by atoms with Crippen LogP contribution >= 0.6 is 18.7 Å². The quantitative estimate of drug-likeness (QED) is 0.374. The number of halogens is 4. The maximum absolute atomic E-state index is 14.7. The van der Waals surface area contributed by atoms with Crippen LogP contribution in [0.1, 0.15) is 43.3 Å². The fourth-order valence-corrected chi connectivity index (χ4v) is 5.11. The van der Waals surface area contributed by atoms with Gasteiger partial charge in [-0.2, -0.15) is 0 Å². The van der Waals surface area contributed by atoms with E-state index in [1.807, 2.05) is 6.92 Å². The molecule has 0 fully saturated rings. The van der Waals surface area contributed by atoms with E-state index in [4.69, 9.17) is 11.6 Å². The second kappa shape index (κ2) is 9.28. The molecule has 0 radical (unpaired) electrons. The van der Waals surface area contributed by atoms with Crippen LogP contribution < -0.4 is 15.9 Å². The molecule has 1 atom stereocenters. The number of alkyl halides is 2. The summed E-state index contributed by atoms with van der Waals surface area (Å²) in [5.41, 5.74) is 0.435. The van der Waals surface area contributed by atoms with Crippen molar-refractivity contribution in [1.29, 1.82) is 0 Å². The van der Waals surface area contributed by atoms with E-state index >= 15 is 0 Å². The van der Waals surface area contributed by atoms with E-state index in [0.717, 1.165) is 6.07 Å². The molecule has 0 aliphatic rings. The Morgan fingerprint density at radius 3 is 2.44 bits per heavy atom. The first kappa shape index (κ1) is 24.3. The number of hydrogen-bond donors (Lipinski definition) is 2. The third-order valence-corrected chi connectivity index (χ3v) is 6.95. The Morgan fingerprint density at radius 1 is 1.19 bits per heavy atom. The van der Waals surface area contributed by atoms with Gasteiger partial charge in [-0.25, -0.2) is 23.1 Å². The number of anilines is 2. The lowest BCUT2D eigenvalue weighted by molar-refractivity contribution is 0.146. The van der Waals surface area contributed by atoms with Crippen LogP contribution in [-0.4, -0.2) is 29.8 Å². The van der Waals surface area contributed by atoms with Crippen LogP contribution in [0.5, 0.6) is 0 Å². The molecule has 3 rings (SSSR count). The van der Waals surface area contributed by atoms with Gasteiger partial charge >= 0.3 is 0 Å². The molecule has 2 aromatic carbocycles. The van der Waals surface area contributed by atoms with Crippen molar-refractivity contribution in [1.82, 2.24) is 9.97 Å². The van der Waals surface area contributed by atoms with E-state index in [1.165, 1.54) is 12.1 Å². The van der Waals surface area contributed by atoms with E-state index in [1.54, 1.807) is 33.2 Å². The largest absolute Gasteiger partial charge is 0.383 e. The maximum Gasteiger partial charge on any atom is 0.266 e. The summed E-state index contributed by atoms with van der Waals surface area (Å²) in [6, 6.07) is 4.94. The van der Waals surface area contributed by atoms with Gasteiger partial charge in [-0.1, -0.05) is 29.8 Å². The lowest BCUT2D eigenvalue weighted by Crippen LogP contribution is -2.16. The summed E-state index contributed by atoms with van der Waals surface area (Å²) in [4.78, 5) is 8.88. The number of nitrogens with zero attached hydrogens (tertiary/aromatic N) is 2. The average Bonchev–Trinajstić information content (AvgIpc) is 2.69. The van der Waals surface area contributed by atoms with Gasteiger partial charge in [-0.05, 0) is 40.2 Å². The normalized spacial score (nSPS) is 12.9. The van der Waals surface area contributed by atoms with Crippen molar-refractivity contribution < 1.29 is 17.7 Å². The minimum Gasteiger partial charge on any atom is -0.383 e. The van der Waals surface area contributed by atoms with Crippen molar-refractivity contribution in [2.75, 3.05) is 30.5 Å². The Morgan fingerprint density at radius 2 is 1.84 bits per heavy atom. The molecule has 3 aromatic rings. The minimum absolute atomic E-state index is 0.0828. The second-order valence-corrected chi connectivity index (χ2v) is 11.5. The summed E-state index contributed by atoms with van der Waals surface area (Å²) >= 11 is 6.66. The number of rotatable bonds is 7. The molecule has 1 unspecified atom stereocenters. The molecule has 0 saturated heterocycles. The Bertz CT molecular complexity index is 1220. The van der Waals surface area contributed by atoms with E-state index in [-0.39, 0.29) is 5.56 Å². The van der Waals surface area contributed by atoms with Crippen molar-refractivity contribution in [2.24, 2.45) is 0 Å². The van der Waals surface area contributed by atoms with Gasteiger partial charge in [-0.15, -0.1) is 0 Å². The van der Waals surface area contributed by atoms with Gasteiger partial charge in [0.1, 0.15) is 24.6 Å². The predicted octanol–water partition coefficient (Wildman–Crippen LogP) is 6.52. The SMILES string of the molecule is CCNc1c(P(C)(C)=O)cc2c(NC(C)c3cccc(C(F)F)c3F)nc(C)nc2c1Cl. The first-order valence-corrected chi connectivity index (χ1v) is 13.1. The lowest BCUT2D eigenvalue weighted by atomic mass is 10.0. The molecule has 0 aliphatic carbocycles. The fourth-order valence-electron chi connectivity index (χ4n) is 3.56. The Labute approximate surface area is 190 Å². The van der Waals surface area contributed by atoms with Crippen LogP contribution in [0.25, 0.3) is 10.9 Å². The number of aryl methyl sites for hydroxylation is 1. The molecule has 2 N–H and O–H groups in total. The molecule has 1 aromatic heterocycles. The average molecular weight is 485 g/mol. The van der Waals surface area contributed by atoms with E-state index in [0.29, 0.717) is 45.1 Å². The summed E-state index contributed by atoms with van der Waals surface area (Å²) in [5, 5.41) is 7.64. The molecule has 10 heteroatoms. The highest BCUT2D eigenvalue weighted by Crippen LogP contribution is 2.43. The molecule has 0 aliphatic heterocycles. The molecule has 172 valence electrons. The topological polar surface area (TPSA) is 66.9 Å². The van der Waals surface area contributed by atoms with Crippen molar-refractivity contribution in [3.8, 4) is 0 Å². The molecule has 1 heterocycles. The number of aromatic nitrogens is 2. The van der Waals surface area contributed by atoms with Gasteiger partial charge in [0.2, 0.25) is 0 Å². The van der Waals surface area contributed by atoms with Crippen LogP contribution in [0.3, 0.4) is 0 Å². The first-order valence-electron chi connectivity index (χ1n) is 10.1. The standard InChI is InChI=1S/C22H25ClF3N4OP/c1-6-27-20-16(32(4,5)31)10-15-19(17(20)23)29-12(3)30-22(15)28-11(2)13-8-7-9-14(18(13)24)21(25)26/h7-11,21,27H,6H2,1-5H3,(H,28,29,30). The van der Waals surface area contributed by atoms with Gasteiger partial charge in [0, 0.05) is 22.8 Å². The zero-order valence-corrected chi connectivity index (χ0v) is 20.1. The van der Waals surface area contributed by atoms with Gasteiger partial charge in [0.15, 0.2) is 0 Å². The van der Waals surface area contributed by atoms with Crippen molar-refractivity contribution >= 4 is 46.5 Å². The maximum atomic E-state index is 14.7. The number of benzene rings is 2. The zero-order valence-electron chi connectivity index (χ0n) is 18.4. The Balaban J connectivity index is 2.18. The number of hydrogen-bond acceptors (Lipinski definition) is 5. The highest BCUT2D eigenvalue weighted by molar-refractivity contribution is 7.70. The highest BCUT2D eigenvalue weighted by atomic mass is 35.5. The van der Waals surface area contributed by atoms with Crippen molar-refractivity contribution in [3.63, 3.8) is 0 Å². The summed E-state index contributed by atoms with van der Waals surface area (Å²) in [5.74, 6) is -0.193. The van der Waals surface area contributed by atoms with Crippen LogP contribution in [0.15, 0.2) is 24.3 Å². The monoisotopic (exact) mass is 484 g/mol. The molecule has 0 spiro atoms. The first-order chi connectivity index (χ1) is 15.0. The fraction of sp³-hybridized carbons (Fsp3) is 0.364. The molecular formula is C22H25ClF3N4OP. The van der Waals surface area contributed by atoms with Crippen molar-refractivity contribution in [3.05, 3.63) is 52.1 Å². The third kappa shape index (κ3) is 4.71. The van der Waals surface area contributed by atoms with E-state index < -0.39 is 31.0 Å². The number of nitrogens with one attached hydrogen (secondary N) is 2. The Hall–Kier alpha value is -2.31. The van der Waals surface area contributed by atoms with Gasteiger partial charge in [0.25, 0.3) is 6.43 Å². The van der Waals surface area contributed by atoms with Crippen molar-refractivity contribution in [2.45, 2.75) is 33.2 Å². The molecular weight excluding hydrogens is 460 g/mol. The predicted molar refractivity (Wildman–Crippen MR) is 126 cm³/mol. The van der Waals surface area contributed by atoms with E-state index in [2.05, 4.69) is 20.6 Å². The van der Waals surface area contributed by atoms with Gasteiger partial charge < -0.3 is 15.2 Å². The molecule has 0 amide bonds. The van der Waals surface area contributed by atoms with E-state index in [9.17, 15) is 17.7 Å². The van der Waals surface area contributed by atoms with Gasteiger partial charge in [0.05, 0.1) is 27.8 Å². The molecule has 5 nitrogen and oxygen atoms in total. The number of fused-ring (bicyclic) bond motifs is 1. The van der Waals surface area contributed by atoms with Gasteiger partial charge in [-0.3, -0.25) is 0 Å². The van der Waals surface area contributed by atoms with Crippen LogP contribution in [-0.2, 0) is 4.57 Å². The summed E-state index contributed by atoms with van der Waals surface area (Å²) in [6.07, 6.45) is -2.92. The summed E-state index contributed by atoms with van der Waals surface area (Å²) < 4.78 is 53.9. The summed E-state index contributed by atoms with van der Waals surface area (Å²) in [6.45, 7) is 9.10.